The van der Waals surface area contributed by atoms with Gasteiger partial charge in [-0.05, 0) is 31.2 Å². The van der Waals surface area contributed by atoms with Gasteiger partial charge >= 0.3 is 0 Å². The molecule has 0 saturated carbocycles. The molecule has 3 rings (SSSR count). The Morgan fingerprint density at radius 1 is 1.35 bits per heavy atom. The number of aromatic amines is 1. The van der Waals surface area contributed by atoms with Crippen LogP contribution < -0.4 is 5.32 Å². The van der Waals surface area contributed by atoms with Crippen molar-refractivity contribution in [1.82, 2.24) is 19.8 Å². The number of rotatable bonds is 2. The van der Waals surface area contributed by atoms with Gasteiger partial charge in [-0.25, -0.2) is 4.98 Å². The van der Waals surface area contributed by atoms with E-state index in [0.717, 1.165) is 16.9 Å². The SMILES string of the molecule is CC(=O)Nc1ccc(-c2nc3c(Cl)c(C)[nH]n3n2)cc1. The van der Waals surface area contributed by atoms with Crippen molar-refractivity contribution >= 4 is 28.8 Å². The molecule has 0 unspecified atom stereocenters. The highest BCUT2D eigenvalue weighted by molar-refractivity contribution is 6.34. The molecular formula is C13H12ClN5O. The minimum absolute atomic E-state index is 0.103. The molecule has 2 aromatic heterocycles. The van der Waals surface area contributed by atoms with Crippen molar-refractivity contribution in [1.29, 1.82) is 0 Å². The first-order chi connectivity index (χ1) is 9.54. The molecule has 0 saturated heterocycles. The second-order valence-electron chi connectivity index (χ2n) is 4.48. The van der Waals surface area contributed by atoms with Crippen molar-refractivity contribution in [3.05, 3.63) is 35.0 Å². The Hall–Kier alpha value is -2.34. The van der Waals surface area contributed by atoms with Gasteiger partial charge in [0.2, 0.25) is 5.91 Å². The third kappa shape index (κ3) is 2.14. The van der Waals surface area contributed by atoms with E-state index in [-0.39, 0.29) is 5.91 Å². The number of anilines is 1. The van der Waals surface area contributed by atoms with E-state index in [1.165, 1.54) is 6.92 Å². The van der Waals surface area contributed by atoms with E-state index in [4.69, 9.17) is 11.6 Å². The maximum atomic E-state index is 11.0. The largest absolute Gasteiger partial charge is 0.326 e. The van der Waals surface area contributed by atoms with Crippen LogP contribution in [-0.2, 0) is 4.79 Å². The molecule has 0 atom stereocenters. The third-order valence-corrected chi connectivity index (χ3v) is 3.32. The number of nitrogens with one attached hydrogen (secondary N) is 2. The van der Waals surface area contributed by atoms with Gasteiger partial charge in [0.1, 0.15) is 5.02 Å². The standard InChI is InChI=1S/C13H12ClN5O/c1-7-11(14)13-16-12(18-19(13)17-7)9-3-5-10(6-4-9)15-8(2)20/h3-6,17H,1-2H3,(H,15,20). The highest BCUT2D eigenvalue weighted by atomic mass is 35.5. The van der Waals surface area contributed by atoms with Gasteiger partial charge in [-0.3, -0.25) is 9.89 Å². The monoisotopic (exact) mass is 289 g/mol. The van der Waals surface area contributed by atoms with Crippen LogP contribution in [-0.4, -0.2) is 25.7 Å². The lowest BCUT2D eigenvalue weighted by Gasteiger charge is -2.01. The Morgan fingerprint density at radius 3 is 2.65 bits per heavy atom. The molecule has 0 radical (unpaired) electrons. The molecule has 0 aliphatic carbocycles. The summed E-state index contributed by atoms with van der Waals surface area (Å²) in [5.41, 5.74) is 3.02. The summed E-state index contributed by atoms with van der Waals surface area (Å²) in [7, 11) is 0. The smallest absolute Gasteiger partial charge is 0.221 e. The van der Waals surface area contributed by atoms with Crippen LogP contribution in [0.1, 0.15) is 12.6 Å². The molecule has 0 aliphatic heterocycles. The van der Waals surface area contributed by atoms with Crippen molar-refractivity contribution in [2.75, 3.05) is 5.32 Å². The summed E-state index contributed by atoms with van der Waals surface area (Å²) in [6.07, 6.45) is 0. The van der Waals surface area contributed by atoms with E-state index in [0.29, 0.717) is 16.5 Å². The van der Waals surface area contributed by atoms with Crippen molar-refractivity contribution in [3.63, 3.8) is 0 Å². The average molecular weight is 290 g/mol. The van der Waals surface area contributed by atoms with Gasteiger partial charge in [-0.15, -0.1) is 5.10 Å². The topological polar surface area (TPSA) is 75.1 Å². The first kappa shape index (κ1) is 12.7. The van der Waals surface area contributed by atoms with Crippen LogP contribution in [0.25, 0.3) is 17.0 Å². The molecule has 6 nitrogen and oxygen atoms in total. The zero-order valence-corrected chi connectivity index (χ0v) is 11.7. The predicted molar refractivity (Wildman–Crippen MR) is 76.8 cm³/mol. The second kappa shape index (κ2) is 4.64. The summed E-state index contributed by atoms with van der Waals surface area (Å²) in [6, 6.07) is 7.31. The minimum Gasteiger partial charge on any atom is -0.326 e. The van der Waals surface area contributed by atoms with Gasteiger partial charge in [-0.2, -0.15) is 4.63 Å². The zero-order chi connectivity index (χ0) is 14.3. The Kier molecular flexibility index (Phi) is 2.94. The maximum Gasteiger partial charge on any atom is 0.221 e. The Labute approximate surface area is 119 Å². The molecule has 7 heteroatoms. The second-order valence-corrected chi connectivity index (χ2v) is 4.86. The summed E-state index contributed by atoms with van der Waals surface area (Å²) in [5, 5.41) is 10.6. The van der Waals surface area contributed by atoms with Gasteiger partial charge < -0.3 is 5.32 Å². The molecule has 0 bridgehead atoms. The molecule has 20 heavy (non-hydrogen) atoms. The summed E-state index contributed by atoms with van der Waals surface area (Å²) in [5.74, 6) is 0.473. The van der Waals surface area contributed by atoms with Gasteiger partial charge in [0.25, 0.3) is 0 Å². The van der Waals surface area contributed by atoms with Crippen LogP contribution in [0.5, 0.6) is 0 Å². The molecule has 102 valence electrons. The Morgan fingerprint density at radius 2 is 2.05 bits per heavy atom. The number of amides is 1. The van der Waals surface area contributed by atoms with Crippen LogP contribution >= 0.6 is 11.6 Å². The normalized spacial score (nSPS) is 10.9. The van der Waals surface area contributed by atoms with Crippen molar-refractivity contribution in [2.24, 2.45) is 0 Å². The molecule has 3 aromatic rings. The van der Waals surface area contributed by atoms with Crippen molar-refractivity contribution < 1.29 is 4.79 Å². The fourth-order valence-corrected chi connectivity index (χ4v) is 2.10. The lowest BCUT2D eigenvalue weighted by molar-refractivity contribution is -0.114. The minimum atomic E-state index is -0.103. The van der Waals surface area contributed by atoms with Crippen LogP contribution in [0.2, 0.25) is 5.02 Å². The van der Waals surface area contributed by atoms with Crippen LogP contribution in [0.15, 0.2) is 24.3 Å². The van der Waals surface area contributed by atoms with E-state index in [1.54, 1.807) is 16.8 Å². The molecule has 2 heterocycles. The number of hydrogen-bond acceptors (Lipinski definition) is 3. The Bertz CT molecular complexity index is 787. The highest BCUT2D eigenvalue weighted by Gasteiger charge is 2.13. The number of H-pyrrole nitrogens is 1. The van der Waals surface area contributed by atoms with Crippen LogP contribution in [0.3, 0.4) is 0 Å². The summed E-state index contributed by atoms with van der Waals surface area (Å²) >= 11 is 6.12. The van der Waals surface area contributed by atoms with E-state index in [2.05, 4.69) is 20.5 Å². The van der Waals surface area contributed by atoms with Crippen LogP contribution in [0, 0.1) is 6.92 Å². The summed E-state index contributed by atoms with van der Waals surface area (Å²) < 4.78 is 1.55. The number of benzene rings is 1. The van der Waals surface area contributed by atoms with Gasteiger partial charge in [0, 0.05) is 18.2 Å². The first-order valence-corrected chi connectivity index (χ1v) is 6.41. The van der Waals surface area contributed by atoms with Crippen LogP contribution in [0.4, 0.5) is 5.69 Å². The predicted octanol–water partition coefficient (Wildman–Crippen LogP) is 2.64. The quantitative estimate of drug-likeness (QED) is 0.761. The van der Waals surface area contributed by atoms with Gasteiger partial charge in [-0.1, -0.05) is 11.6 Å². The summed E-state index contributed by atoms with van der Waals surface area (Å²) in [6.45, 7) is 3.33. The first-order valence-electron chi connectivity index (χ1n) is 6.03. The number of carbonyl (C=O) groups is 1. The number of halogens is 1. The third-order valence-electron chi connectivity index (χ3n) is 2.87. The van der Waals surface area contributed by atoms with E-state index >= 15 is 0 Å². The lowest BCUT2D eigenvalue weighted by atomic mass is 10.2. The average Bonchev–Trinajstić information content (AvgIpc) is 2.91. The number of aryl methyl sites for hydroxylation is 1. The van der Waals surface area contributed by atoms with Gasteiger partial charge in [0.15, 0.2) is 11.5 Å². The molecule has 1 amide bonds. The fraction of sp³-hybridized carbons (Fsp3) is 0.154. The molecule has 0 aliphatic rings. The number of hydrogen-bond donors (Lipinski definition) is 2. The molecular weight excluding hydrogens is 278 g/mol. The Balaban J connectivity index is 1.96. The molecule has 0 spiro atoms. The van der Waals surface area contributed by atoms with Crippen molar-refractivity contribution in [3.8, 4) is 11.4 Å². The van der Waals surface area contributed by atoms with Gasteiger partial charge in [0.05, 0.1) is 5.69 Å². The fourth-order valence-electron chi connectivity index (χ4n) is 1.94. The molecule has 1 aromatic carbocycles. The summed E-state index contributed by atoms with van der Waals surface area (Å²) in [4.78, 5) is 15.4. The highest BCUT2D eigenvalue weighted by Crippen LogP contribution is 2.23. The van der Waals surface area contributed by atoms with E-state index in [9.17, 15) is 4.79 Å². The lowest BCUT2D eigenvalue weighted by Crippen LogP contribution is -2.05. The molecule has 0 fully saturated rings. The van der Waals surface area contributed by atoms with E-state index < -0.39 is 0 Å². The number of carbonyl (C=O) groups excluding carboxylic acids is 1. The maximum absolute atomic E-state index is 11.0. The zero-order valence-electron chi connectivity index (χ0n) is 10.9. The number of aromatic nitrogens is 4. The number of fused-ring (bicyclic) bond motifs is 1. The van der Waals surface area contributed by atoms with Crippen molar-refractivity contribution in [2.45, 2.75) is 13.8 Å². The number of nitrogens with zero attached hydrogens (tertiary/aromatic N) is 3. The van der Waals surface area contributed by atoms with E-state index in [1.807, 2.05) is 19.1 Å². The molecule has 2 N–H and O–H groups in total.